The van der Waals surface area contributed by atoms with Crippen LogP contribution in [0.3, 0.4) is 0 Å². The molecule has 3 rings (SSSR count). The molecule has 1 fully saturated rings. The van der Waals surface area contributed by atoms with Gasteiger partial charge >= 0.3 is 0 Å². The minimum absolute atomic E-state index is 0.110. The van der Waals surface area contributed by atoms with E-state index in [1.54, 1.807) is 9.25 Å². The van der Waals surface area contributed by atoms with Gasteiger partial charge in [0.15, 0.2) is 5.65 Å². The van der Waals surface area contributed by atoms with Gasteiger partial charge in [-0.2, -0.15) is 5.10 Å². The highest BCUT2D eigenvalue weighted by molar-refractivity contribution is 6.05. The van der Waals surface area contributed by atoms with Crippen LogP contribution in [0.15, 0.2) is 0 Å². The fraction of sp³-hybridized carbons (Fsp3) is 0.500. The Bertz CT molecular complexity index is 728. The molecule has 3 heterocycles. The average Bonchev–Trinajstić information content (AvgIpc) is 2.98. The molecule has 2 N–H and O–H groups in total. The zero-order valence-corrected chi connectivity index (χ0v) is 11.6. The molecule has 2 amide bonds. The number of aromatic nitrogens is 4. The van der Waals surface area contributed by atoms with Gasteiger partial charge in [-0.05, 0) is 13.8 Å². The lowest BCUT2D eigenvalue weighted by Crippen LogP contribution is -2.27. The van der Waals surface area contributed by atoms with Crippen LogP contribution in [0, 0.1) is 6.92 Å². The molecule has 8 heteroatoms. The molecular weight excluding hydrogens is 260 g/mol. The van der Waals surface area contributed by atoms with Gasteiger partial charge in [0.2, 0.25) is 11.9 Å². The van der Waals surface area contributed by atoms with Crippen LogP contribution in [0.5, 0.6) is 0 Å². The molecule has 2 aromatic heterocycles. The number of nitrogen functional groups attached to an aromatic ring is 1. The van der Waals surface area contributed by atoms with Crippen LogP contribution in [-0.2, 0) is 16.1 Å². The van der Waals surface area contributed by atoms with Gasteiger partial charge in [-0.15, -0.1) is 0 Å². The molecule has 1 saturated heterocycles. The lowest BCUT2D eigenvalue weighted by atomic mass is 10.2. The Morgan fingerprint density at radius 3 is 2.65 bits per heavy atom. The van der Waals surface area contributed by atoms with Crippen LogP contribution in [-0.4, -0.2) is 43.1 Å². The highest BCUT2D eigenvalue weighted by Crippen LogP contribution is 2.31. The van der Waals surface area contributed by atoms with E-state index in [1.807, 2.05) is 13.8 Å². The molecule has 1 atom stereocenters. The maximum absolute atomic E-state index is 12.2. The summed E-state index contributed by atoms with van der Waals surface area (Å²) in [5.41, 5.74) is 8.09. The summed E-state index contributed by atoms with van der Waals surface area (Å²) in [5, 5.41) is 4.37. The van der Waals surface area contributed by atoms with Gasteiger partial charge in [-0.25, -0.2) is 9.67 Å². The SMILES string of the molecule is CCn1nc(C)c2nc(N)n(C3CC(=O)N(C)C3=O)c21. The number of anilines is 1. The molecule has 0 radical (unpaired) electrons. The van der Waals surface area contributed by atoms with Crippen LogP contribution in [0.4, 0.5) is 5.95 Å². The fourth-order valence-corrected chi connectivity index (χ4v) is 2.67. The largest absolute Gasteiger partial charge is 0.369 e. The highest BCUT2D eigenvalue weighted by Gasteiger charge is 2.39. The van der Waals surface area contributed by atoms with Gasteiger partial charge in [0.05, 0.1) is 12.1 Å². The second kappa shape index (κ2) is 4.06. The summed E-state index contributed by atoms with van der Waals surface area (Å²) in [5.74, 6) is -0.229. The van der Waals surface area contributed by atoms with Gasteiger partial charge < -0.3 is 5.73 Å². The van der Waals surface area contributed by atoms with Crippen molar-refractivity contribution in [1.82, 2.24) is 24.2 Å². The molecule has 106 valence electrons. The third-order valence-electron chi connectivity index (χ3n) is 3.74. The minimum atomic E-state index is -0.626. The number of amides is 2. The van der Waals surface area contributed by atoms with Crippen molar-refractivity contribution in [1.29, 1.82) is 0 Å². The Morgan fingerprint density at radius 1 is 1.40 bits per heavy atom. The molecule has 20 heavy (non-hydrogen) atoms. The molecule has 1 unspecified atom stereocenters. The van der Waals surface area contributed by atoms with E-state index in [0.29, 0.717) is 17.7 Å². The standard InChI is InChI=1S/C12H16N6O2/c1-4-17-10-9(6(2)15-17)14-12(13)18(10)7-5-8(19)16(3)11(7)20/h7H,4-5H2,1-3H3,(H2,13,14). The topological polar surface area (TPSA) is 99.0 Å². The number of likely N-dealkylation sites (N-methyl/N-ethyl adjacent to an activating group) is 1. The van der Waals surface area contributed by atoms with E-state index in [0.717, 1.165) is 10.6 Å². The Hall–Kier alpha value is -2.38. The minimum Gasteiger partial charge on any atom is -0.369 e. The van der Waals surface area contributed by atoms with Gasteiger partial charge in [0, 0.05) is 13.6 Å². The molecule has 1 aliphatic rings. The molecule has 0 bridgehead atoms. The number of likely N-dealkylation sites (tertiary alicyclic amines) is 1. The fourth-order valence-electron chi connectivity index (χ4n) is 2.67. The van der Waals surface area contributed by atoms with E-state index in [2.05, 4.69) is 10.1 Å². The number of nitrogens with two attached hydrogens (primary N) is 1. The number of aryl methyl sites for hydroxylation is 2. The number of carbonyl (C=O) groups excluding carboxylic acids is 2. The summed E-state index contributed by atoms with van der Waals surface area (Å²) < 4.78 is 3.38. The predicted octanol–water partition coefficient (Wildman–Crippen LogP) is 0.0731. The maximum Gasteiger partial charge on any atom is 0.252 e. The summed E-state index contributed by atoms with van der Waals surface area (Å²) in [6.07, 6.45) is 0.110. The summed E-state index contributed by atoms with van der Waals surface area (Å²) >= 11 is 0. The summed E-state index contributed by atoms with van der Waals surface area (Å²) in [4.78, 5) is 29.3. The number of imide groups is 1. The molecular formula is C12H16N6O2. The van der Waals surface area contributed by atoms with Crippen LogP contribution in [0.25, 0.3) is 11.2 Å². The zero-order valence-electron chi connectivity index (χ0n) is 11.6. The molecule has 8 nitrogen and oxygen atoms in total. The normalized spacial score (nSPS) is 19.6. The van der Waals surface area contributed by atoms with Crippen molar-refractivity contribution in [2.24, 2.45) is 0 Å². The molecule has 0 aliphatic carbocycles. The van der Waals surface area contributed by atoms with Gasteiger partial charge in [0.1, 0.15) is 11.6 Å². The Morgan fingerprint density at radius 2 is 2.10 bits per heavy atom. The Labute approximate surface area is 115 Å². The van der Waals surface area contributed by atoms with Gasteiger partial charge in [-0.1, -0.05) is 0 Å². The van der Waals surface area contributed by atoms with Crippen molar-refractivity contribution in [3.05, 3.63) is 5.69 Å². The first kappa shape index (κ1) is 12.6. The van der Waals surface area contributed by atoms with E-state index >= 15 is 0 Å². The molecule has 1 aliphatic heterocycles. The maximum atomic E-state index is 12.2. The van der Waals surface area contributed by atoms with Crippen molar-refractivity contribution in [2.45, 2.75) is 32.9 Å². The second-order valence-electron chi connectivity index (χ2n) is 4.92. The number of nitrogens with zero attached hydrogens (tertiary/aromatic N) is 5. The van der Waals surface area contributed by atoms with Crippen molar-refractivity contribution in [3.63, 3.8) is 0 Å². The van der Waals surface area contributed by atoms with E-state index in [1.165, 1.54) is 7.05 Å². The number of carbonyl (C=O) groups is 2. The lowest BCUT2D eigenvalue weighted by Gasteiger charge is -2.13. The number of hydrogen-bond donors (Lipinski definition) is 1. The summed E-state index contributed by atoms with van der Waals surface area (Å²) in [6.45, 7) is 4.44. The third-order valence-corrected chi connectivity index (χ3v) is 3.74. The number of hydrogen-bond acceptors (Lipinski definition) is 5. The van der Waals surface area contributed by atoms with E-state index in [4.69, 9.17) is 5.73 Å². The van der Waals surface area contributed by atoms with Crippen molar-refractivity contribution in [3.8, 4) is 0 Å². The van der Waals surface area contributed by atoms with Crippen LogP contribution in [0.1, 0.15) is 25.1 Å². The van der Waals surface area contributed by atoms with Crippen molar-refractivity contribution >= 4 is 28.9 Å². The molecule has 0 spiro atoms. The smallest absolute Gasteiger partial charge is 0.252 e. The number of rotatable bonds is 2. The predicted molar refractivity (Wildman–Crippen MR) is 71.8 cm³/mol. The van der Waals surface area contributed by atoms with Crippen LogP contribution in [0.2, 0.25) is 0 Å². The first-order chi connectivity index (χ1) is 9.45. The molecule has 0 aromatic carbocycles. The Kier molecular flexibility index (Phi) is 2.56. The van der Waals surface area contributed by atoms with Gasteiger partial charge in [-0.3, -0.25) is 19.1 Å². The number of imidazole rings is 1. The summed E-state index contributed by atoms with van der Waals surface area (Å²) in [7, 11) is 1.48. The molecule has 0 saturated carbocycles. The number of fused-ring (bicyclic) bond motifs is 1. The quantitative estimate of drug-likeness (QED) is 0.783. The first-order valence-electron chi connectivity index (χ1n) is 6.47. The van der Waals surface area contributed by atoms with Crippen molar-refractivity contribution < 1.29 is 9.59 Å². The zero-order chi connectivity index (χ0) is 14.6. The van der Waals surface area contributed by atoms with Crippen LogP contribution < -0.4 is 5.73 Å². The lowest BCUT2D eigenvalue weighted by molar-refractivity contribution is -0.137. The highest BCUT2D eigenvalue weighted by atomic mass is 16.2. The van der Waals surface area contributed by atoms with E-state index in [-0.39, 0.29) is 24.2 Å². The van der Waals surface area contributed by atoms with Gasteiger partial charge in [0.25, 0.3) is 5.91 Å². The van der Waals surface area contributed by atoms with Crippen LogP contribution >= 0.6 is 0 Å². The van der Waals surface area contributed by atoms with Crippen molar-refractivity contribution in [2.75, 3.05) is 12.8 Å². The monoisotopic (exact) mass is 276 g/mol. The molecule has 2 aromatic rings. The first-order valence-corrected chi connectivity index (χ1v) is 6.47. The second-order valence-corrected chi connectivity index (χ2v) is 4.92. The summed E-state index contributed by atoms with van der Waals surface area (Å²) in [6, 6.07) is -0.626. The van der Waals surface area contributed by atoms with E-state index in [9.17, 15) is 9.59 Å². The van der Waals surface area contributed by atoms with E-state index < -0.39 is 6.04 Å². The third kappa shape index (κ3) is 1.47. The Balaban J connectivity index is 2.24. The average molecular weight is 276 g/mol.